The number of nitrogens with one attached hydrogen (secondary N) is 1. The summed E-state index contributed by atoms with van der Waals surface area (Å²) in [6, 6.07) is 1.68. The first-order valence-corrected chi connectivity index (χ1v) is 5.44. The highest BCUT2D eigenvalue weighted by molar-refractivity contribution is 7.10. The molecule has 0 aliphatic carbocycles. The monoisotopic (exact) mass is 227 g/mol. The van der Waals surface area contributed by atoms with Crippen molar-refractivity contribution >= 4 is 23.3 Å². The zero-order valence-corrected chi connectivity index (χ0v) is 9.68. The lowest BCUT2D eigenvalue weighted by molar-refractivity contribution is 0.0876. The largest absolute Gasteiger partial charge is 0.447 e. The fourth-order valence-corrected chi connectivity index (χ4v) is 1.72. The van der Waals surface area contributed by atoms with Gasteiger partial charge in [0.15, 0.2) is 0 Å². The van der Waals surface area contributed by atoms with Crippen LogP contribution in [-0.4, -0.2) is 18.1 Å². The van der Waals surface area contributed by atoms with Crippen LogP contribution >= 0.6 is 11.3 Å². The van der Waals surface area contributed by atoms with Crippen LogP contribution in [0.5, 0.6) is 0 Å². The van der Waals surface area contributed by atoms with E-state index in [0.29, 0.717) is 5.56 Å². The number of carbonyl (C=O) groups is 2. The van der Waals surface area contributed by atoms with Crippen molar-refractivity contribution in [2.45, 2.75) is 26.9 Å². The summed E-state index contributed by atoms with van der Waals surface area (Å²) in [6.45, 7) is 5.27. The van der Waals surface area contributed by atoms with Crippen molar-refractivity contribution in [2.75, 3.05) is 0 Å². The van der Waals surface area contributed by atoms with Gasteiger partial charge in [-0.05, 0) is 32.2 Å². The molecule has 82 valence electrons. The molecular formula is C10H13NO3S. The Balaban J connectivity index is 2.57. The Bertz CT molecular complexity index is 370. The molecule has 4 nitrogen and oxygen atoms in total. The molecule has 0 bridgehead atoms. The number of ether oxygens (including phenoxy) is 1. The van der Waals surface area contributed by atoms with Crippen LogP contribution in [0.3, 0.4) is 0 Å². The summed E-state index contributed by atoms with van der Waals surface area (Å²) >= 11 is 1.46. The quantitative estimate of drug-likeness (QED) is 0.843. The molecule has 0 aliphatic rings. The van der Waals surface area contributed by atoms with Crippen molar-refractivity contribution < 1.29 is 14.3 Å². The van der Waals surface area contributed by atoms with Gasteiger partial charge < -0.3 is 4.74 Å². The number of imide groups is 1. The van der Waals surface area contributed by atoms with Gasteiger partial charge in [-0.3, -0.25) is 10.1 Å². The summed E-state index contributed by atoms with van der Waals surface area (Å²) in [5.41, 5.74) is 0.515. The van der Waals surface area contributed by atoms with Crippen molar-refractivity contribution in [3.05, 3.63) is 21.9 Å². The average molecular weight is 227 g/mol. The summed E-state index contributed by atoms with van der Waals surface area (Å²) in [5, 5.41) is 3.96. The van der Waals surface area contributed by atoms with E-state index in [2.05, 4.69) is 5.32 Å². The molecule has 15 heavy (non-hydrogen) atoms. The number of alkyl carbamates (subject to hydrolysis) is 1. The Morgan fingerprint density at radius 2 is 2.13 bits per heavy atom. The molecule has 0 saturated carbocycles. The SMILES string of the molecule is Cc1sccc1C(=O)NC(=O)OC(C)C. The number of thiophene rings is 1. The minimum Gasteiger partial charge on any atom is -0.447 e. The van der Waals surface area contributed by atoms with Crippen LogP contribution in [0.15, 0.2) is 11.4 Å². The van der Waals surface area contributed by atoms with Crippen LogP contribution in [0.25, 0.3) is 0 Å². The Morgan fingerprint density at radius 3 is 2.60 bits per heavy atom. The van der Waals surface area contributed by atoms with E-state index in [4.69, 9.17) is 4.74 Å². The third kappa shape index (κ3) is 3.36. The van der Waals surface area contributed by atoms with Gasteiger partial charge >= 0.3 is 6.09 Å². The van der Waals surface area contributed by atoms with Crippen LogP contribution in [0, 0.1) is 6.92 Å². The molecule has 0 aromatic carbocycles. The molecule has 0 saturated heterocycles. The summed E-state index contributed by atoms with van der Waals surface area (Å²) in [5.74, 6) is -0.417. The van der Waals surface area contributed by atoms with E-state index in [0.717, 1.165) is 4.88 Å². The van der Waals surface area contributed by atoms with Gasteiger partial charge in [0.05, 0.1) is 11.7 Å². The van der Waals surface area contributed by atoms with Crippen LogP contribution in [0.1, 0.15) is 29.1 Å². The second kappa shape index (κ2) is 4.93. The second-order valence-corrected chi connectivity index (χ2v) is 4.42. The Labute approximate surface area is 92.2 Å². The number of carbonyl (C=O) groups excluding carboxylic acids is 2. The van der Waals surface area contributed by atoms with Gasteiger partial charge in [-0.15, -0.1) is 11.3 Å². The number of rotatable bonds is 2. The predicted octanol–water partition coefficient (Wildman–Crippen LogP) is 2.33. The second-order valence-electron chi connectivity index (χ2n) is 3.30. The maximum atomic E-state index is 11.5. The molecule has 5 heteroatoms. The zero-order valence-electron chi connectivity index (χ0n) is 8.87. The van der Waals surface area contributed by atoms with E-state index in [-0.39, 0.29) is 6.10 Å². The highest BCUT2D eigenvalue weighted by Gasteiger charge is 2.14. The molecule has 2 amide bonds. The molecule has 1 rings (SSSR count). The van der Waals surface area contributed by atoms with E-state index in [1.807, 2.05) is 6.92 Å². The molecule has 0 atom stereocenters. The van der Waals surface area contributed by atoms with Crippen molar-refractivity contribution in [1.82, 2.24) is 5.32 Å². The molecule has 1 aromatic rings. The van der Waals surface area contributed by atoms with Crippen molar-refractivity contribution in [1.29, 1.82) is 0 Å². The minimum atomic E-state index is -0.708. The van der Waals surface area contributed by atoms with Crippen LogP contribution in [0.2, 0.25) is 0 Å². The standard InChI is InChI=1S/C10H13NO3S/c1-6(2)14-10(13)11-9(12)8-4-5-15-7(8)3/h4-6H,1-3H3,(H,11,12,13). The Kier molecular flexibility index (Phi) is 3.85. The van der Waals surface area contributed by atoms with Gasteiger partial charge in [0, 0.05) is 4.88 Å². The molecule has 1 heterocycles. The fourth-order valence-electron chi connectivity index (χ4n) is 1.02. The number of hydrogen-bond donors (Lipinski definition) is 1. The molecule has 0 aliphatic heterocycles. The van der Waals surface area contributed by atoms with Crippen molar-refractivity contribution in [3.8, 4) is 0 Å². The molecule has 0 radical (unpaired) electrons. The lowest BCUT2D eigenvalue weighted by Gasteiger charge is -2.08. The zero-order chi connectivity index (χ0) is 11.4. The van der Waals surface area contributed by atoms with E-state index in [1.54, 1.807) is 25.3 Å². The maximum Gasteiger partial charge on any atom is 0.414 e. The topological polar surface area (TPSA) is 55.4 Å². The molecular weight excluding hydrogens is 214 g/mol. The average Bonchev–Trinajstić information content (AvgIpc) is 2.49. The van der Waals surface area contributed by atoms with Crippen LogP contribution in [-0.2, 0) is 4.74 Å². The van der Waals surface area contributed by atoms with E-state index in [1.165, 1.54) is 11.3 Å². The van der Waals surface area contributed by atoms with Gasteiger partial charge in [0.2, 0.25) is 0 Å². The Hall–Kier alpha value is -1.36. The number of hydrogen-bond acceptors (Lipinski definition) is 4. The summed E-state index contributed by atoms with van der Waals surface area (Å²) in [7, 11) is 0. The van der Waals surface area contributed by atoms with Gasteiger partial charge in [-0.2, -0.15) is 0 Å². The first kappa shape index (κ1) is 11.7. The van der Waals surface area contributed by atoms with Gasteiger partial charge in [0.1, 0.15) is 0 Å². The normalized spacial score (nSPS) is 10.1. The molecule has 1 aromatic heterocycles. The van der Waals surface area contributed by atoms with Crippen LogP contribution < -0.4 is 5.32 Å². The maximum absolute atomic E-state index is 11.5. The molecule has 1 N–H and O–H groups in total. The third-order valence-electron chi connectivity index (χ3n) is 1.66. The van der Waals surface area contributed by atoms with E-state index in [9.17, 15) is 9.59 Å². The van der Waals surface area contributed by atoms with Crippen LogP contribution in [0.4, 0.5) is 4.79 Å². The van der Waals surface area contributed by atoms with E-state index < -0.39 is 12.0 Å². The highest BCUT2D eigenvalue weighted by atomic mass is 32.1. The predicted molar refractivity (Wildman–Crippen MR) is 58.1 cm³/mol. The molecule has 0 fully saturated rings. The fraction of sp³-hybridized carbons (Fsp3) is 0.400. The van der Waals surface area contributed by atoms with E-state index >= 15 is 0 Å². The molecule has 0 unspecified atom stereocenters. The summed E-state index contributed by atoms with van der Waals surface area (Å²) in [6.07, 6.45) is -0.943. The first-order chi connectivity index (χ1) is 7.00. The Morgan fingerprint density at radius 1 is 1.47 bits per heavy atom. The van der Waals surface area contributed by atoms with Crippen molar-refractivity contribution in [2.24, 2.45) is 0 Å². The molecule has 0 spiro atoms. The summed E-state index contributed by atoms with van der Waals surface area (Å²) < 4.78 is 4.79. The van der Waals surface area contributed by atoms with Crippen molar-refractivity contribution in [3.63, 3.8) is 0 Å². The lowest BCUT2D eigenvalue weighted by Crippen LogP contribution is -2.32. The highest BCUT2D eigenvalue weighted by Crippen LogP contribution is 2.14. The first-order valence-electron chi connectivity index (χ1n) is 4.56. The number of aryl methyl sites for hydroxylation is 1. The lowest BCUT2D eigenvalue weighted by atomic mass is 10.2. The van der Waals surface area contributed by atoms with Gasteiger partial charge in [-0.1, -0.05) is 0 Å². The number of amides is 2. The third-order valence-corrected chi connectivity index (χ3v) is 2.51. The minimum absolute atomic E-state index is 0.235. The van der Waals surface area contributed by atoms with Gasteiger partial charge in [0.25, 0.3) is 5.91 Å². The smallest absolute Gasteiger partial charge is 0.414 e. The summed E-state index contributed by atoms with van der Waals surface area (Å²) in [4.78, 5) is 23.5. The van der Waals surface area contributed by atoms with Gasteiger partial charge in [-0.25, -0.2) is 4.79 Å².